The van der Waals surface area contributed by atoms with Crippen molar-refractivity contribution in [1.29, 1.82) is 5.26 Å². The highest BCUT2D eigenvalue weighted by molar-refractivity contribution is 5.99. The minimum atomic E-state index is -1.07. The number of nitriles is 1. The number of benzene rings is 1. The zero-order chi connectivity index (χ0) is 14.0. The molecule has 5 nitrogen and oxygen atoms in total. The number of hydrogen-bond donors (Lipinski definition) is 1. The maximum Gasteiger partial charge on any atom is 0.249 e. The van der Waals surface area contributed by atoms with Crippen molar-refractivity contribution in [3.8, 4) is 11.8 Å². The maximum absolute atomic E-state index is 12.2. The first-order valence-electron chi connectivity index (χ1n) is 5.98. The van der Waals surface area contributed by atoms with E-state index < -0.39 is 5.41 Å². The van der Waals surface area contributed by atoms with Crippen molar-refractivity contribution in [1.82, 2.24) is 0 Å². The van der Waals surface area contributed by atoms with E-state index in [9.17, 15) is 4.79 Å². The van der Waals surface area contributed by atoms with E-state index in [0.29, 0.717) is 11.4 Å². The molecule has 1 N–H and O–H groups in total. The highest BCUT2D eigenvalue weighted by Crippen LogP contribution is 2.33. The smallest absolute Gasteiger partial charge is 0.249 e. The first-order chi connectivity index (χ1) is 9.02. The quantitative estimate of drug-likeness (QED) is 0.899. The predicted molar refractivity (Wildman–Crippen MR) is 70.0 cm³/mol. The van der Waals surface area contributed by atoms with Gasteiger partial charge in [0.05, 0.1) is 32.1 Å². The monoisotopic (exact) mass is 260 g/mol. The van der Waals surface area contributed by atoms with E-state index in [4.69, 9.17) is 14.7 Å². The first kappa shape index (κ1) is 13.4. The highest BCUT2D eigenvalue weighted by atomic mass is 16.5. The molecule has 0 unspecified atom stereocenters. The molecule has 1 heterocycles. The molecule has 2 rings (SSSR count). The van der Waals surface area contributed by atoms with Crippen molar-refractivity contribution in [3.63, 3.8) is 0 Å². The summed E-state index contributed by atoms with van der Waals surface area (Å²) in [6.45, 7) is 4.13. The molecule has 0 spiro atoms. The second-order valence-corrected chi connectivity index (χ2v) is 4.80. The van der Waals surface area contributed by atoms with Crippen molar-refractivity contribution >= 4 is 11.6 Å². The van der Waals surface area contributed by atoms with Crippen molar-refractivity contribution in [2.24, 2.45) is 5.41 Å². The van der Waals surface area contributed by atoms with Crippen LogP contribution in [0.1, 0.15) is 11.1 Å². The lowest BCUT2D eigenvalue weighted by Gasteiger charge is -2.33. The Kier molecular flexibility index (Phi) is 3.45. The zero-order valence-electron chi connectivity index (χ0n) is 11.2. The van der Waals surface area contributed by atoms with Gasteiger partial charge in [-0.3, -0.25) is 4.79 Å². The van der Waals surface area contributed by atoms with Crippen LogP contribution in [-0.2, 0) is 9.53 Å². The summed E-state index contributed by atoms with van der Waals surface area (Å²) in [7, 11) is 1.56. The van der Waals surface area contributed by atoms with Crippen LogP contribution < -0.4 is 10.1 Å². The Balaban J connectivity index is 2.29. The lowest BCUT2D eigenvalue weighted by atomic mass is 9.86. The summed E-state index contributed by atoms with van der Waals surface area (Å²) >= 11 is 0. The molecule has 0 atom stereocenters. The molecule has 5 heteroatoms. The van der Waals surface area contributed by atoms with E-state index in [1.54, 1.807) is 7.11 Å². The van der Waals surface area contributed by atoms with E-state index in [-0.39, 0.29) is 19.1 Å². The van der Waals surface area contributed by atoms with Crippen LogP contribution in [-0.4, -0.2) is 26.2 Å². The molecule has 1 amide bonds. The Bertz CT molecular complexity index is 557. The van der Waals surface area contributed by atoms with Gasteiger partial charge in [0.25, 0.3) is 0 Å². The number of hydrogen-bond acceptors (Lipinski definition) is 4. The minimum Gasteiger partial charge on any atom is -0.494 e. The van der Waals surface area contributed by atoms with Gasteiger partial charge < -0.3 is 14.8 Å². The minimum absolute atomic E-state index is 0.141. The molecule has 0 radical (unpaired) electrons. The molecule has 1 saturated heterocycles. The largest absolute Gasteiger partial charge is 0.494 e. The number of aryl methyl sites for hydroxylation is 2. The second kappa shape index (κ2) is 4.90. The van der Waals surface area contributed by atoms with E-state index in [1.807, 2.05) is 32.0 Å². The average Bonchev–Trinajstić information content (AvgIpc) is 2.27. The molecular formula is C14H16N2O3. The third kappa shape index (κ3) is 2.27. The number of methoxy groups -OCH3 is 1. The molecule has 100 valence electrons. The average molecular weight is 260 g/mol. The molecule has 1 aliphatic heterocycles. The highest BCUT2D eigenvalue weighted by Gasteiger charge is 2.46. The van der Waals surface area contributed by atoms with Crippen LogP contribution >= 0.6 is 0 Å². The molecule has 1 aromatic rings. The fourth-order valence-electron chi connectivity index (χ4n) is 2.11. The van der Waals surface area contributed by atoms with Crippen LogP contribution in [0.2, 0.25) is 0 Å². The van der Waals surface area contributed by atoms with Crippen LogP contribution in [0.15, 0.2) is 12.1 Å². The Morgan fingerprint density at radius 3 is 2.63 bits per heavy atom. The lowest BCUT2D eigenvalue weighted by Crippen LogP contribution is -2.50. The van der Waals surface area contributed by atoms with Crippen LogP contribution in [0.3, 0.4) is 0 Å². The Morgan fingerprint density at radius 2 is 2.16 bits per heavy atom. The van der Waals surface area contributed by atoms with E-state index >= 15 is 0 Å². The molecule has 1 aromatic carbocycles. The van der Waals surface area contributed by atoms with Gasteiger partial charge in [-0.15, -0.1) is 0 Å². The van der Waals surface area contributed by atoms with Crippen LogP contribution in [0.4, 0.5) is 5.69 Å². The summed E-state index contributed by atoms with van der Waals surface area (Å²) in [6.07, 6.45) is 0. The van der Waals surface area contributed by atoms with Gasteiger partial charge in [0.2, 0.25) is 5.91 Å². The molecule has 0 aliphatic carbocycles. The summed E-state index contributed by atoms with van der Waals surface area (Å²) in [6, 6.07) is 5.82. The van der Waals surface area contributed by atoms with Crippen molar-refractivity contribution in [2.45, 2.75) is 13.8 Å². The Morgan fingerprint density at radius 1 is 1.47 bits per heavy atom. The summed E-state index contributed by atoms with van der Waals surface area (Å²) in [5.41, 5.74) is 1.48. The fraction of sp³-hybridized carbons (Fsp3) is 0.429. The maximum atomic E-state index is 12.2. The van der Waals surface area contributed by atoms with Gasteiger partial charge in [-0.1, -0.05) is 6.07 Å². The standard InChI is InChI=1S/C14H16N2O3/c1-9-4-10(2)12(18-3)11(5-9)16-13(17)14(6-15)7-19-8-14/h4-5H,7-8H2,1-3H3,(H,16,17). The van der Waals surface area contributed by atoms with Gasteiger partial charge in [-0.25, -0.2) is 0 Å². The van der Waals surface area contributed by atoms with Gasteiger partial charge in [-0.2, -0.15) is 5.26 Å². The topological polar surface area (TPSA) is 71.3 Å². The normalized spacial score (nSPS) is 16.1. The SMILES string of the molecule is COc1c(C)cc(C)cc1NC(=O)C1(C#N)COC1. The molecule has 1 fully saturated rings. The summed E-state index contributed by atoms with van der Waals surface area (Å²) in [5.74, 6) is 0.275. The van der Waals surface area contributed by atoms with Gasteiger partial charge in [-0.05, 0) is 31.0 Å². The lowest BCUT2D eigenvalue weighted by molar-refractivity contribution is -0.144. The zero-order valence-corrected chi connectivity index (χ0v) is 11.2. The third-order valence-electron chi connectivity index (χ3n) is 3.22. The molecule has 0 aromatic heterocycles. The van der Waals surface area contributed by atoms with E-state index in [1.165, 1.54) is 0 Å². The fourth-order valence-corrected chi connectivity index (χ4v) is 2.11. The summed E-state index contributed by atoms with van der Waals surface area (Å²) < 4.78 is 10.3. The van der Waals surface area contributed by atoms with Gasteiger partial charge >= 0.3 is 0 Å². The summed E-state index contributed by atoms with van der Waals surface area (Å²) in [4.78, 5) is 12.2. The predicted octanol–water partition coefficient (Wildman–Crippen LogP) is 1.79. The van der Waals surface area contributed by atoms with E-state index in [0.717, 1.165) is 11.1 Å². The Labute approximate surface area is 112 Å². The molecular weight excluding hydrogens is 244 g/mol. The van der Waals surface area contributed by atoms with Crippen LogP contribution in [0.25, 0.3) is 0 Å². The van der Waals surface area contributed by atoms with Gasteiger partial charge in [0.15, 0.2) is 5.41 Å². The number of carbonyl (C=O) groups is 1. The molecule has 0 bridgehead atoms. The van der Waals surface area contributed by atoms with Crippen LogP contribution in [0, 0.1) is 30.6 Å². The molecule has 19 heavy (non-hydrogen) atoms. The van der Waals surface area contributed by atoms with E-state index in [2.05, 4.69) is 5.32 Å². The number of nitrogens with zero attached hydrogens (tertiary/aromatic N) is 1. The number of nitrogens with one attached hydrogen (secondary N) is 1. The van der Waals surface area contributed by atoms with Gasteiger partial charge in [0.1, 0.15) is 5.75 Å². The van der Waals surface area contributed by atoms with Crippen molar-refractivity contribution in [2.75, 3.05) is 25.6 Å². The van der Waals surface area contributed by atoms with Crippen molar-refractivity contribution in [3.05, 3.63) is 23.3 Å². The number of carbonyl (C=O) groups excluding carboxylic acids is 1. The van der Waals surface area contributed by atoms with Gasteiger partial charge in [0, 0.05) is 0 Å². The number of anilines is 1. The first-order valence-corrected chi connectivity index (χ1v) is 5.98. The van der Waals surface area contributed by atoms with Crippen molar-refractivity contribution < 1.29 is 14.3 Å². The number of amides is 1. The summed E-state index contributed by atoms with van der Waals surface area (Å²) in [5, 5.41) is 11.9. The molecule has 1 aliphatic rings. The second-order valence-electron chi connectivity index (χ2n) is 4.80. The van der Waals surface area contributed by atoms with Crippen LogP contribution in [0.5, 0.6) is 5.75 Å². The number of ether oxygens (including phenoxy) is 2. The Hall–Kier alpha value is -2.06. The number of rotatable bonds is 3. The molecule has 0 saturated carbocycles. The third-order valence-corrected chi connectivity index (χ3v) is 3.22.